The fourth-order valence-electron chi connectivity index (χ4n) is 1.08. The van der Waals surface area contributed by atoms with Crippen molar-refractivity contribution in [2.24, 2.45) is 0 Å². The quantitative estimate of drug-likeness (QED) is 0.733. The first kappa shape index (κ1) is 12.3. The highest BCUT2D eigenvalue weighted by Gasteiger charge is 1.96. The molecule has 0 spiro atoms. The van der Waals surface area contributed by atoms with E-state index in [-0.39, 0.29) is 12.5 Å². The molecule has 5 heteroatoms. The zero-order valence-electron chi connectivity index (χ0n) is 9.18. The van der Waals surface area contributed by atoms with Gasteiger partial charge in [-0.1, -0.05) is 6.08 Å². The van der Waals surface area contributed by atoms with Crippen LogP contribution < -0.4 is 5.32 Å². The molecule has 86 valence electrons. The average molecular weight is 221 g/mol. The summed E-state index contributed by atoms with van der Waals surface area (Å²) in [6, 6.07) is 0. The van der Waals surface area contributed by atoms with Crippen LogP contribution >= 0.6 is 0 Å². The fraction of sp³-hybridized carbons (Fsp3) is 0.364. The van der Waals surface area contributed by atoms with Crippen LogP contribution in [-0.4, -0.2) is 27.6 Å². The number of carbonyl (C=O) groups excluding carboxylic acids is 1. The van der Waals surface area contributed by atoms with Gasteiger partial charge in [-0.15, -0.1) is 0 Å². The number of aliphatic hydroxyl groups excluding tert-OH is 1. The van der Waals surface area contributed by atoms with Crippen LogP contribution in [0.4, 0.5) is 5.82 Å². The Morgan fingerprint density at radius 1 is 1.50 bits per heavy atom. The molecule has 0 fully saturated rings. The van der Waals surface area contributed by atoms with Gasteiger partial charge in [-0.25, -0.2) is 4.98 Å². The van der Waals surface area contributed by atoms with Crippen molar-refractivity contribution in [1.29, 1.82) is 0 Å². The van der Waals surface area contributed by atoms with Crippen molar-refractivity contribution in [2.45, 2.75) is 19.8 Å². The maximum Gasteiger partial charge on any atom is 0.222 e. The van der Waals surface area contributed by atoms with Crippen molar-refractivity contribution in [2.75, 3.05) is 11.9 Å². The van der Waals surface area contributed by atoms with E-state index in [4.69, 9.17) is 5.11 Å². The third-order valence-corrected chi connectivity index (χ3v) is 1.79. The van der Waals surface area contributed by atoms with E-state index in [0.717, 1.165) is 18.5 Å². The van der Waals surface area contributed by atoms with E-state index in [1.54, 1.807) is 6.20 Å². The summed E-state index contributed by atoms with van der Waals surface area (Å²) < 4.78 is 0. The standard InChI is InChI=1S/C11H15N3O2/c1-9(16)14-11-8-12-10(7-13-11)5-3-2-4-6-15/h3,5,7-8,15H,2,4,6H2,1H3,(H,13,14,16)/b5-3-. The molecule has 1 heterocycles. The van der Waals surface area contributed by atoms with E-state index in [1.807, 2.05) is 12.2 Å². The lowest BCUT2D eigenvalue weighted by Crippen LogP contribution is -2.07. The van der Waals surface area contributed by atoms with Gasteiger partial charge in [-0.2, -0.15) is 0 Å². The minimum Gasteiger partial charge on any atom is -0.396 e. The number of nitrogens with one attached hydrogen (secondary N) is 1. The number of aliphatic hydroxyl groups is 1. The number of carbonyl (C=O) groups is 1. The summed E-state index contributed by atoms with van der Waals surface area (Å²) in [6.07, 6.45) is 8.41. The molecule has 2 N–H and O–H groups in total. The summed E-state index contributed by atoms with van der Waals surface area (Å²) in [4.78, 5) is 18.9. The van der Waals surface area contributed by atoms with Crippen LogP contribution in [0.15, 0.2) is 18.5 Å². The van der Waals surface area contributed by atoms with Gasteiger partial charge < -0.3 is 10.4 Å². The van der Waals surface area contributed by atoms with Gasteiger partial charge in [0.15, 0.2) is 5.82 Å². The van der Waals surface area contributed by atoms with Gasteiger partial charge in [0.2, 0.25) is 5.91 Å². The minimum absolute atomic E-state index is 0.166. The van der Waals surface area contributed by atoms with Gasteiger partial charge in [-0.05, 0) is 18.9 Å². The molecule has 0 aliphatic carbocycles. The number of unbranched alkanes of at least 4 members (excludes halogenated alkanes) is 1. The Morgan fingerprint density at radius 3 is 2.88 bits per heavy atom. The second-order valence-corrected chi connectivity index (χ2v) is 3.28. The highest BCUT2D eigenvalue weighted by atomic mass is 16.2. The van der Waals surface area contributed by atoms with Crippen molar-refractivity contribution in [1.82, 2.24) is 9.97 Å². The molecule has 1 amide bonds. The van der Waals surface area contributed by atoms with Crippen molar-refractivity contribution in [3.8, 4) is 0 Å². The van der Waals surface area contributed by atoms with Gasteiger partial charge >= 0.3 is 0 Å². The maximum atomic E-state index is 10.7. The van der Waals surface area contributed by atoms with E-state index in [2.05, 4.69) is 15.3 Å². The molecule has 0 aliphatic rings. The van der Waals surface area contributed by atoms with Crippen LogP contribution in [-0.2, 0) is 4.79 Å². The molecule has 0 unspecified atom stereocenters. The zero-order chi connectivity index (χ0) is 11.8. The predicted octanol–water partition coefficient (Wildman–Crippen LogP) is 1.22. The second kappa shape index (κ2) is 6.68. The molecular weight excluding hydrogens is 206 g/mol. The van der Waals surface area contributed by atoms with E-state index in [9.17, 15) is 4.79 Å². The molecular formula is C11H15N3O2. The van der Waals surface area contributed by atoms with Crippen molar-refractivity contribution in [3.63, 3.8) is 0 Å². The summed E-state index contributed by atoms with van der Waals surface area (Å²) in [7, 11) is 0. The van der Waals surface area contributed by atoms with Crippen LogP contribution in [0.2, 0.25) is 0 Å². The molecule has 1 aromatic rings. The molecule has 0 saturated carbocycles. The first-order chi connectivity index (χ1) is 7.72. The summed E-state index contributed by atoms with van der Waals surface area (Å²) in [5.41, 5.74) is 0.729. The molecule has 0 saturated heterocycles. The maximum absolute atomic E-state index is 10.7. The van der Waals surface area contributed by atoms with Gasteiger partial charge in [0.05, 0.1) is 18.1 Å². The van der Waals surface area contributed by atoms with Crippen LogP contribution in [0.5, 0.6) is 0 Å². The summed E-state index contributed by atoms with van der Waals surface area (Å²) >= 11 is 0. The smallest absolute Gasteiger partial charge is 0.222 e. The first-order valence-corrected chi connectivity index (χ1v) is 5.09. The Balaban J connectivity index is 2.50. The number of hydrogen-bond acceptors (Lipinski definition) is 4. The van der Waals surface area contributed by atoms with Crippen LogP contribution in [0.1, 0.15) is 25.5 Å². The molecule has 16 heavy (non-hydrogen) atoms. The van der Waals surface area contributed by atoms with E-state index >= 15 is 0 Å². The molecule has 5 nitrogen and oxygen atoms in total. The Hall–Kier alpha value is -1.75. The minimum atomic E-state index is -0.166. The number of allylic oxidation sites excluding steroid dienone is 1. The Labute approximate surface area is 94.2 Å². The molecule has 1 rings (SSSR count). The average Bonchev–Trinajstić information content (AvgIpc) is 2.26. The molecule has 0 radical (unpaired) electrons. The molecule has 1 aromatic heterocycles. The summed E-state index contributed by atoms with van der Waals surface area (Å²) in [6.45, 7) is 1.61. The van der Waals surface area contributed by atoms with Gasteiger partial charge in [-0.3, -0.25) is 9.78 Å². The van der Waals surface area contributed by atoms with Gasteiger partial charge in [0, 0.05) is 13.5 Å². The topological polar surface area (TPSA) is 75.1 Å². The lowest BCUT2D eigenvalue weighted by atomic mass is 10.3. The predicted molar refractivity (Wildman–Crippen MR) is 61.7 cm³/mol. The van der Waals surface area contributed by atoms with E-state index in [1.165, 1.54) is 13.1 Å². The van der Waals surface area contributed by atoms with Crippen LogP contribution in [0.25, 0.3) is 6.08 Å². The Morgan fingerprint density at radius 2 is 2.31 bits per heavy atom. The molecule has 0 atom stereocenters. The second-order valence-electron chi connectivity index (χ2n) is 3.28. The number of amides is 1. The van der Waals surface area contributed by atoms with Crippen molar-refractivity contribution in [3.05, 3.63) is 24.2 Å². The van der Waals surface area contributed by atoms with E-state index in [0.29, 0.717) is 5.82 Å². The molecule has 0 aromatic carbocycles. The van der Waals surface area contributed by atoms with Gasteiger partial charge in [0.25, 0.3) is 0 Å². The monoisotopic (exact) mass is 221 g/mol. The van der Waals surface area contributed by atoms with E-state index < -0.39 is 0 Å². The van der Waals surface area contributed by atoms with Gasteiger partial charge in [0.1, 0.15) is 0 Å². The first-order valence-electron chi connectivity index (χ1n) is 5.09. The lowest BCUT2D eigenvalue weighted by molar-refractivity contribution is -0.114. The highest BCUT2D eigenvalue weighted by molar-refractivity contribution is 5.87. The number of hydrogen-bond donors (Lipinski definition) is 2. The number of aromatic nitrogens is 2. The Kier molecular flexibility index (Phi) is 5.15. The third-order valence-electron chi connectivity index (χ3n) is 1.79. The summed E-state index contributed by atoms with van der Waals surface area (Å²) in [5, 5.41) is 11.1. The summed E-state index contributed by atoms with van der Waals surface area (Å²) in [5.74, 6) is 0.278. The lowest BCUT2D eigenvalue weighted by Gasteiger charge is -1.99. The SMILES string of the molecule is CC(=O)Nc1cnc(/C=C\CCCO)cn1. The highest BCUT2D eigenvalue weighted by Crippen LogP contribution is 2.03. The number of nitrogens with zero attached hydrogens (tertiary/aromatic N) is 2. The number of rotatable bonds is 5. The molecule has 0 aliphatic heterocycles. The normalized spacial score (nSPS) is 10.6. The van der Waals surface area contributed by atoms with Crippen LogP contribution in [0.3, 0.4) is 0 Å². The largest absolute Gasteiger partial charge is 0.396 e. The van der Waals surface area contributed by atoms with Crippen molar-refractivity contribution >= 4 is 17.8 Å². The van der Waals surface area contributed by atoms with Crippen molar-refractivity contribution < 1.29 is 9.90 Å². The number of anilines is 1. The van der Waals surface area contributed by atoms with Crippen LogP contribution in [0, 0.1) is 0 Å². The zero-order valence-corrected chi connectivity index (χ0v) is 9.18. The third kappa shape index (κ3) is 4.65. The molecule has 0 bridgehead atoms. The fourth-order valence-corrected chi connectivity index (χ4v) is 1.08. The Bertz CT molecular complexity index is 360.